The lowest BCUT2D eigenvalue weighted by Crippen LogP contribution is -2.19. The van der Waals surface area contributed by atoms with Gasteiger partial charge in [-0.3, -0.25) is 0 Å². The Balaban J connectivity index is -0.00000210. The SMILES string of the molecule is Cl.Cl.Cl.Cl.Nc1cc(CCNCCCCCCNCCc2ccc(O)c(N)c2)ccc1O. The first kappa shape index (κ1) is 35.3. The summed E-state index contributed by atoms with van der Waals surface area (Å²) in [6.07, 6.45) is 6.67. The van der Waals surface area contributed by atoms with Crippen LogP contribution in [0.25, 0.3) is 0 Å². The van der Waals surface area contributed by atoms with Crippen LogP contribution < -0.4 is 22.1 Å². The van der Waals surface area contributed by atoms with E-state index in [0.29, 0.717) is 11.4 Å². The molecule has 186 valence electrons. The highest BCUT2D eigenvalue weighted by molar-refractivity contribution is 5.86. The molecular weight excluding hydrogens is 494 g/mol. The fourth-order valence-electron chi connectivity index (χ4n) is 3.09. The monoisotopic (exact) mass is 530 g/mol. The van der Waals surface area contributed by atoms with Crippen LogP contribution in [0.15, 0.2) is 36.4 Å². The summed E-state index contributed by atoms with van der Waals surface area (Å²) in [7, 11) is 0. The van der Waals surface area contributed by atoms with Crippen LogP contribution in [0.5, 0.6) is 11.5 Å². The van der Waals surface area contributed by atoms with E-state index in [1.54, 1.807) is 12.1 Å². The Labute approximate surface area is 216 Å². The van der Waals surface area contributed by atoms with Crippen molar-refractivity contribution in [2.45, 2.75) is 38.5 Å². The van der Waals surface area contributed by atoms with Gasteiger partial charge in [-0.05, 0) is 87.3 Å². The number of hydrogen-bond donors (Lipinski definition) is 6. The molecule has 0 aliphatic rings. The Kier molecular flexibility index (Phi) is 22.4. The molecule has 2 aromatic carbocycles. The van der Waals surface area contributed by atoms with Gasteiger partial charge in [-0.2, -0.15) is 0 Å². The first-order chi connectivity index (χ1) is 13.6. The minimum atomic E-state index is 0. The molecule has 0 amide bonds. The van der Waals surface area contributed by atoms with Gasteiger partial charge in [0, 0.05) is 0 Å². The summed E-state index contributed by atoms with van der Waals surface area (Å²) >= 11 is 0. The number of benzene rings is 2. The van der Waals surface area contributed by atoms with E-state index >= 15 is 0 Å². The molecule has 0 unspecified atom stereocenters. The van der Waals surface area contributed by atoms with Gasteiger partial charge in [0.2, 0.25) is 0 Å². The third-order valence-corrected chi connectivity index (χ3v) is 4.82. The van der Waals surface area contributed by atoms with Crippen LogP contribution >= 0.6 is 49.6 Å². The van der Waals surface area contributed by atoms with Crippen molar-refractivity contribution in [1.29, 1.82) is 0 Å². The van der Waals surface area contributed by atoms with Crippen molar-refractivity contribution in [2.24, 2.45) is 0 Å². The third-order valence-electron chi connectivity index (χ3n) is 4.82. The third kappa shape index (κ3) is 14.0. The standard InChI is InChI=1S/C22H34N4O2.4ClH/c23-19-15-17(5-7-21(19)27)9-13-25-11-3-1-2-4-12-26-14-10-18-6-8-22(28)20(24)16-18;;;;/h5-8,15-16,25-28H,1-4,9-14,23-24H2;4*1H. The lowest BCUT2D eigenvalue weighted by Gasteiger charge is -2.08. The molecule has 10 heteroatoms. The number of unbranched alkanes of at least 4 members (excludes halogenated alkanes) is 3. The first-order valence-electron chi connectivity index (χ1n) is 10.1. The minimum absolute atomic E-state index is 0. The van der Waals surface area contributed by atoms with Crippen molar-refractivity contribution in [3.8, 4) is 11.5 Å². The average molecular weight is 532 g/mol. The number of nitrogens with one attached hydrogen (secondary N) is 2. The zero-order chi connectivity index (χ0) is 20.2. The summed E-state index contributed by atoms with van der Waals surface area (Å²) in [6.45, 7) is 3.91. The molecule has 0 aromatic heterocycles. The van der Waals surface area contributed by atoms with E-state index in [1.807, 2.05) is 24.3 Å². The number of halogens is 4. The van der Waals surface area contributed by atoms with Gasteiger partial charge in [-0.25, -0.2) is 0 Å². The number of phenolic OH excluding ortho intramolecular Hbond substituents is 2. The summed E-state index contributed by atoms with van der Waals surface area (Å²) < 4.78 is 0. The Morgan fingerprint density at radius 1 is 0.562 bits per heavy atom. The highest BCUT2D eigenvalue weighted by Crippen LogP contribution is 2.21. The van der Waals surface area contributed by atoms with Gasteiger partial charge < -0.3 is 32.3 Å². The van der Waals surface area contributed by atoms with E-state index in [1.165, 1.54) is 25.7 Å². The summed E-state index contributed by atoms with van der Waals surface area (Å²) in [6, 6.07) is 10.8. The van der Waals surface area contributed by atoms with Crippen molar-refractivity contribution in [1.82, 2.24) is 10.6 Å². The topological polar surface area (TPSA) is 117 Å². The number of aromatic hydroxyl groups is 2. The van der Waals surface area contributed by atoms with E-state index < -0.39 is 0 Å². The molecule has 0 spiro atoms. The molecule has 0 fully saturated rings. The van der Waals surface area contributed by atoms with Crippen molar-refractivity contribution >= 4 is 61.0 Å². The van der Waals surface area contributed by atoms with E-state index in [0.717, 1.165) is 50.1 Å². The van der Waals surface area contributed by atoms with Crippen molar-refractivity contribution in [3.63, 3.8) is 0 Å². The largest absolute Gasteiger partial charge is 0.506 e. The first-order valence-corrected chi connectivity index (χ1v) is 10.1. The highest BCUT2D eigenvalue weighted by atomic mass is 35.5. The van der Waals surface area contributed by atoms with E-state index in [-0.39, 0.29) is 61.1 Å². The Bertz CT molecular complexity index is 678. The average Bonchev–Trinajstić information content (AvgIpc) is 2.68. The summed E-state index contributed by atoms with van der Waals surface area (Å²) in [5.41, 5.74) is 14.6. The van der Waals surface area contributed by atoms with E-state index in [4.69, 9.17) is 11.5 Å². The zero-order valence-electron chi connectivity index (χ0n) is 18.2. The van der Waals surface area contributed by atoms with Gasteiger partial charge in [0.1, 0.15) is 11.5 Å². The molecule has 0 heterocycles. The number of rotatable bonds is 13. The van der Waals surface area contributed by atoms with Gasteiger partial charge in [0.15, 0.2) is 0 Å². The van der Waals surface area contributed by atoms with Crippen LogP contribution in [-0.2, 0) is 12.8 Å². The molecule has 0 atom stereocenters. The van der Waals surface area contributed by atoms with E-state index in [2.05, 4.69) is 10.6 Å². The predicted molar refractivity (Wildman–Crippen MR) is 146 cm³/mol. The maximum absolute atomic E-state index is 9.42. The maximum Gasteiger partial charge on any atom is 0.138 e. The van der Waals surface area contributed by atoms with Gasteiger partial charge >= 0.3 is 0 Å². The van der Waals surface area contributed by atoms with Crippen LogP contribution in [0, 0.1) is 0 Å². The predicted octanol–water partition coefficient (Wildman–Crippen LogP) is 4.47. The van der Waals surface area contributed by atoms with Gasteiger partial charge in [-0.15, -0.1) is 49.6 Å². The molecule has 0 aliphatic carbocycles. The van der Waals surface area contributed by atoms with Crippen molar-refractivity contribution < 1.29 is 10.2 Å². The number of anilines is 2. The molecule has 32 heavy (non-hydrogen) atoms. The Morgan fingerprint density at radius 2 is 0.938 bits per heavy atom. The van der Waals surface area contributed by atoms with Crippen LogP contribution in [0.2, 0.25) is 0 Å². The molecule has 0 saturated heterocycles. The van der Waals surface area contributed by atoms with Crippen LogP contribution in [-0.4, -0.2) is 36.4 Å². The summed E-state index contributed by atoms with van der Waals surface area (Å²) in [4.78, 5) is 0. The quantitative estimate of drug-likeness (QED) is 0.129. The molecule has 6 nitrogen and oxygen atoms in total. The number of hydrogen-bond acceptors (Lipinski definition) is 6. The smallest absolute Gasteiger partial charge is 0.138 e. The molecule has 0 aliphatic heterocycles. The molecule has 8 N–H and O–H groups in total. The van der Waals surface area contributed by atoms with E-state index in [9.17, 15) is 10.2 Å². The lowest BCUT2D eigenvalue weighted by molar-refractivity contribution is 0.477. The number of nitrogens with two attached hydrogens (primary N) is 2. The number of phenols is 2. The molecule has 0 radical (unpaired) electrons. The zero-order valence-corrected chi connectivity index (χ0v) is 21.5. The summed E-state index contributed by atoms with van der Waals surface area (Å²) in [5, 5.41) is 25.8. The fourth-order valence-corrected chi connectivity index (χ4v) is 3.09. The normalized spacial score (nSPS) is 9.62. The lowest BCUT2D eigenvalue weighted by atomic mass is 10.1. The second-order valence-corrected chi connectivity index (χ2v) is 7.20. The minimum Gasteiger partial charge on any atom is -0.506 e. The second kappa shape index (κ2) is 20.3. The number of nitrogen functional groups attached to an aromatic ring is 2. The molecule has 0 saturated carbocycles. The molecule has 2 rings (SSSR count). The van der Waals surface area contributed by atoms with Crippen LogP contribution in [0.4, 0.5) is 11.4 Å². The second-order valence-electron chi connectivity index (χ2n) is 7.20. The summed E-state index contributed by atoms with van der Waals surface area (Å²) in [5.74, 6) is 0.299. The van der Waals surface area contributed by atoms with Gasteiger partial charge in [0.05, 0.1) is 11.4 Å². The van der Waals surface area contributed by atoms with Crippen LogP contribution in [0.3, 0.4) is 0 Å². The van der Waals surface area contributed by atoms with Gasteiger partial charge in [-0.1, -0.05) is 25.0 Å². The molecular formula is C22H38Cl4N4O2. The molecule has 2 aromatic rings. The Morgan fingerprint density at radius 3 is 1.28 bits per heavy atom. The highest BCUT2D eigenvalue weighted by Gasteiger charge is 2.00. The van der Waals surface area contributed by atoms with Crippen molar-refractivity contribution in [3.05, 3.63) is 47.5 Å². The van der Waals surface area contributed by atoms with Crippen molar-refractivity contribution in [2.75, 3.05) is 37.6 Å². The van der Waals surface area contributed by atoms with Crippen LogP contribution in [0.1, 0.15) is 36.8 Å². The van der Waals surface area contributed by atoms with Gasteiger partial charge in [0.25, 0.3) is 0 Å². The maximum atomic E-state index is 9.42. The molecule has 0 bridgehead atoms. The fraction of sp³-hybridized carbons (Fsp3) is 0.455. The Hall–Kier alpha value is -1.28.